The van der Waals surface area contributed by atoms with Crippen molar-refractivity contribution in [1.82, 2.24) is 0 Å². The third-order valence-corrected chi connectivity index (χ3v) is 4.59. The van der Waals surface area contributed by atoms with Gasteiger partial charge in [0.05, 0.1) is 23.1 Å². The number of hydrogen-bond donors (Lipinski definition) is 1. The van der Waals surface area contributed by atoms with Crippen molar-refractivity contribution in [1.29, 1.82) is 0 Å². The Balaban J connectivity index is 2.19. The summed E-state index contributed by atoms with van der Waals surface area (Å²) >= 11 is 5.97. The quantitative estimate of drug-likeness (QED) is 0.852. The van der Waals surface area contributed by atoms with Crippen molar-refractivity contribution in [2.45, 2.75) is 24.8 Å². The Kier molecular flexibility index (Phi) is 5.38. The average molecular weight is 356 g/mol. The number of nitrogens with one attached hydrogen (secondary N) is 1. The molecule has 0 bridgehead atoms. The van der Waals surface area contributed by atoms with E-state index in [4.69, 9.17) is 21.1 Å². The standard InChI is InChI=1S/C16H18ClNO4S/c1-11(2)22-13-6-4-12(5-7-13)18-23(19,20)14-8-9-16(21-3)15(17)10-14/h4-11,18H,1-3H3. The number of rotatable bonds is 6. The van der Waals surface area contributed by atoms with Crippen LogP contribution in [0.15, 0.2) is 47.4 Å². The Morgan fingerprint density at radius 1 is 1.09 bits per heavy atom. The number of methoxy groups -OCH3 is 1. The lowest BCUT2D eigenvalue weighted by atomic mass is 10.3. The van der Waals surface area contributed by atoms with Crippen molar-refractivity contribution in [2.24, 2.45) is 0 Å². The summed E-state index contributed by atoms with van der Waals surface area (Å²) in [6.45, 7) is 3.84. The van der Waals surface area contributed by atoms with Crippen LogP contribution in [0.1, 0.15) is 13.8 Å². The van der Waals surface area contributed by atoms with Crippen LogP contribution in [0.4, 0.5) is 5.69 Å². The predicted molar refractivity (Wildman–Crippen MR) is 91.0 cm³/mol. The number of benzene rings is 2. The van der Waals surface area contributed by atoms with Crippen molar-refractivity contribution in [3.05, 3.63) is 47.5 Å². The Labute approximate surface area is 141 Å². The van der Waals surface area contributed by atoms with E-state index in [0.29, 0.717) is 17.2 Å². The molecule has 2 aromatic rings. The summed E-state index contributed by atoms with van der Waals surface area (Å²) in [5.41, 5.74) is 0.438. The van der Waals surface area contributed by atoms with Gasteiger partial charge in [-0.1, -0.05) is 11.6 Å². The Morgan fingerprint density at radius 2 is 1.74 bits per heavy atom. The van der Waals surface area contributed by atoms with E-state index >= 15 is 0 Å². The number of hydrogen-bond acceptors (Lipinski definition) is 4. The minimum atomic E-state index is -3.73. The van der Waals surface area contributed by atoms with Crippen molar-refractivity contribution in [2.75, 3.05) is 11.8 Å². The maximum Gasteiger partial charge on any atom is 0.261 e. The highest BCUT2D eigenvalue weighted by Gasteiger charge is 2.16. The van der Waals surface area contributed by atoms with Gasteiger partial charge < -0.3 is 9.47 Å². The molecule has 7 heteroatoms. The first kappa shape index (κ1) is 17.4. The Hall–Kier alpha value is -1.92. The Morgan fingerprint density at radius 3 is 2.26 bits per heavy atom. The van der Waals surface area contributed by atoms with Gasteiger partial charge in [-0.3, -0.25) is 4.72 Å². The summed E-state index contributed by atoms with van der Waals surface area (Å²) in [5, 5.41) is 0.232. The second kappa shape index (κ2) is 7.10. The number of halogens is 1. The molecule has 0 aromatic heterocycles. The van der Waals surface area contributed by atoms with Crippen molar-refractivity contribution >= 4 is 27.3 Å². The molecule has 0 heterocycles. The molecule has 124 valence electrons. The second-order valence-electron chi connectivity index (χ2n) is 5.09. The van der Waals surface area contributed by atoms with E-state index in [1.165, 1.54) is 25.3 Å². The molecule has 0 atom stereocenters. The maximum atomic E-state index is 12.4. The zero-order chi connectivity index (χ0) is 17.0. The minimum absolute atomic E-state index is 0.0546. The topological polar surface area (TPSA) is 64.6 Å². The molecule has 2 aromatic carbocycles. The fourth-order valence-electron chi connectivity index (χ4n) is 1.90. The van der Waals surface area contributed by atoms with E-state index in [1.807, 2.05) is 13.8 Å². The van der Waals surface area contributed by atoms with Gasteiger partial charge in [-0.15, -0.1) is 0 Å². The van der Waals surface area contributed by atoms with Gasteiger partial charge in [-0.2, -0.15) is 0 Å². The molecule has 0 radical (unpaired) electrons. The monoisotopic (exact) mass is 355 g/mol. The minimum Gasteiger partial charge on any atom is -0.495 e. The normalized spacial score (nSPS) is 11.3. The molecule has 0 aliphatic heterocycles. The van der Waals surface area contributed by atoms with Gasteiger partial charge in [-0.05, 0) is 56.3 Å². The SMILES string of the molecule is COc1ccc(S(=O)(=O)Nc2ccc(OC(C)C)cc2)cc1Cl. The van der Waals surface area contributed by atoms with Gasteiger partial charge in [0.25, 0.3) is 10.0 Å². The van der Waals surface area contributed by atoms with Crippen LogP contribution in [0.25, 0.3) is 0 Å². The number of ether oxygens (including phenoxy) is 2. The summed E-state index contributed by atoms with van der Waals surface area (Å²) in [6.07, 6.45) is 0.0546. The summed E-state index contributed by atoms with van der Waals surface area (Å²) in [7, 11) is -2.26. The van der Waals surface area contributed by atoms with E-state index in [9.17, 15) is 8.42 Å². The summed E-state index contributed by atoms with van der Waals surface area (Å²) in [6, 6.07) is 11.0. The van der Waals surface area contributed by atoms with Crippen molar-refractivity contribution in [3.8, 4) is 11.5 Å². The van der Waals surface area contributed by atoms with Crippen LogP contribution >= 0.6 is 11.6 Å². The van der Waals surface area contributed by atoms with Crippen LogP contribution in [0.2, 0.25) is 5.02 Å². The highest BCUT2D eigenvalue weighted by Crippen LogP contribution is 2.28. The largest absolute Gasteiger partial charge is 0.495 e. The first-order valence-corrected chi connectivity index (χ1v) is 8.81. The fraction of sp³-hybridized carbons (Fsp3) is 0.250. The van der Waals surface area contributed by atoms with Crippen LogP contribution in [0.3, 0.4) is 0 Å². The fourth-order valence-corrected chi connectivity index (χ4v) is 3.31. The second-order valence-corrected chi connectivity index (χ2v) is 7.18. The van der Waals surface area contributed by atoms with Crippen LogP contribution in [-0.2, 0) is 10.0 Å². The van der Waals surface area contributed by atoms with Crippen molar-refractivity contribution < 1.29 is 17.9 Å². The molecule has 0 aliphatic carbocycles. The molecule has 0 unspecified atom stereocenters. The van der Waals surface area contributed by atoms with Gasteiger partial charge in [0.2, 0.25) is 0 Å². The van der Waals surface area contributed by atoms with Crippen LogP contribution < -0.4 is 14.2 Å². The first-order chi connectivity index (χ1) is 10.8. The van der Waals surface area contributed by atoms with Gasteiger partial charge >= 0.3 is 0 Å². The van der Waals surface area contributed by atoms with Crippen LogP contribution in [0.5, 0.6) is 11.5 Å². The first-order valence-electron chi connectivity index (χ1n) is 6.95. The van der Waals surface area contributed by atoms with Gasteiger partial charge in [0, 0.05) is 5.69 Å². The van der Waals surface area contributed by atoms with Gasteiger partial charge in [-0.25, -0.2) is 8.42 Å². The summed E-state index contributed by atoms with van der Waals surface area (Å²) in [5.74, 6) is 1.09. The molecule has 0 saturated heterocycles. The molecule has 1 N–H and O–H groups in total. The molecular weight excluding hydrogens is 338 g/mol. The van der Waals surface area contributed by atoms with E-state index in [2.05, 4.69) is 4.72 Å². The number of sulfonamides is 1. The van der Waals surface area contributed by atoms with Crippen LogP contribution in [-0.4, -0.2) is 21.6 Å². The van der Waals surface area contributed by atoms with Gasteiger partial charge in [0.15, 0.2) is 0 Å². The van der Waals surface area contributed by atoms with E-state index in [1.54, 1.807) is 24.3 Å². The Bertz CT molecular complexity index is 773. The summed E-state index contributed by atoms with van der Waals surface area (Å²) in [4.78, 5) is 0.0609. The molecule has 0 aliphatic rings. The lowest BCUT2D eigenvalue weighted by Crippen LogP contribution is -2.13. The third-order valence-electron chi connectivity index (χ3n) is 2.91. The van der Waals surface area contributed by atoms with E-state index in [-0.39, 0.29) is 16.0 Å². The summed E-state index contributed by atoms with van der Waals surface area (Å²) < 4.78 is 37.8. The molecule has 0 fully saturated rings. The smallest absolute Gasteiger partial charge is 0.261 e. The van der Waals surface area contributed by atoms with E-state index < -0.39 is 10.0 Å². The lowest BCUT2D eigenvalue weighted by molar-refractivity contribution is 0.242. The number of anilines is 1. The van der Waals surface area contributed by atoms with Crippen molar-refractivity contribution in [3.63, 3.8) is 0 Å². The average Bonchev–Trinajstić information content (AvgIpc) is 2.48. The highest BCUT2D eigenvalue weighted by atomic mass is 35.5. The molecule has 5 nitrogen and oxygen atoms in total. The molecule has 23 heavy (non-hydrogen) atoms. The molecule has 0 amide bonds. The van der Waals surface area contributed by atoms with E-state index in [0.717, 1.165) is 0 Å². The zero-order valence-corrected chi connectivity index (χ0v) is 14.6. The third kappa shape index (κ3) is 4.53. The molecular formula is C16H18ClNO4S. The molecule has 0 saturated carbocycles. The van der Waals surface area contributed by atoms with Gasteiger partial charge in [0.1, 0.15) is 11.5 Å². The molecule has 2 rings (SSSR count). The maximum absolute atomic E-state index is 12.4. The highest BCUT2D eigenvalue weighted by molar-refractivity contribution is 7.92. The van der Waals surface area contributed by atoms with Crippen LogP contribution in [0, 0.1) is 0 Å². The predicted octanol–water partition coefficient (Wildman–Crippen LogP) is 3.94. The lowest BCUT2D eigenvalue weighted by Gasteiger charge is -2.12. The zero-order valence-electron chi connectivity index (χ0n) is 13.0. The molecule has 0 spiro atoms.